The molecule has 0 fully saturated rings. The molecule has 0 saturated heterocycles. The largest absolute Gasteiger partial charge is 0.493 e. The van der Waals surface area contributed by atoms with E-state index < -0.39 is 0 Å². The van der Waals surface area contributed by atoms with Crippen molar-refractivity contribution in [1.82, 2.24) is 5.32 Å². The lowest BCUT2D eigenvalue weighted by atomic mass is 10.1. The standard InChI is InChI=1S/C19H23NO4/c1-22-13-15-5-4-6-16(11-15)19(21)20-10-9-14-7-8-17(23-2)18(12-14)24-3/h4-8,11-12H,9-10,13H2,1-3H3,(H,20,21). The first kappa shape index (κ1) is 17.8. The van der Waals surface area contributed by atoms with Gasteiger partial charge in [-0.15, -0.1) is 0 Å². The third-order valence-corrected chi connectivity index (χ3v) is 3.65. The van der Waals surface area contributed by atoms with Crippen molar-refractivity contribution in [3.8, 4) is 11.5 Å². The summed E-state index contributed by atoms with van der Waals surface area (Å²) in [6.45, 7) is 1.04. The van der Waals surface area contributed by atoms with Gasteiger partial charge in [-0.1, -0.05) is 18.2 Å². The lowest BCUT2D eigenvalue weighted by Gasteiger charge is -2.10. The van der Waals surface area contributed by atoms with Gasteiger partial charge in [0.25, 0.3) is 5.91 Å². The van der Waals surface area contributed by atoms with Crippen LogP contribution in [-0.4, -0.2) is 33.8 Å². The normalized spacial score (nSPS) is 10.3. The molecule has 1 N–H and O–H groups in total. The second-order valence-electron chi connectivity index (χ2n) is 5.33. The van der Waals surface area contributed by atoms with Crippen LogP contribution in [0.3, 0.4) is 0 Å². The molecule has 0 spiro atoms. The number of benzene rings is 2. The Balaban J connectivity index is 1.92. The van der Waals surface area contributed by atoms with E-state index in [4.69, 9.17) is 14.2 Å². The van der Waals surface area contributed by atoms with Gasteiger partial charge in [0.15, 0.2) is 11.5 Å². The van der Waals surface area contributed by atoms with Gasteiger partial charge in [0.1, 0.15) is 0 Å². The summed E-state index contributed by atoms with van der Waals surface area (Å²) in [6.07, 6.45) is 0.712. The average molecular weight is 329 g/mol. The van der Waals surface area contributed by atoms with E-state index in [2.05, 4.69) is 5.32 Å². The molecule has 0 aliphatic carbocycles. The molecule has 0 aromatic heterocycles. The topological polar surface area (TPSA) is 56.8 Å². The van der Waals surface area contributed by atoms with Gasteiger partial charge in [0, 0.05) is 19.2 Å². The molecule has 5 heteroatoms. The maximum atomic E-state index is 12.2. The monoisotopic (exact) mass is 329 g/mol. The molecule has 0 bridgehead atoms. The molecular weight excluding hydrogens is 306 g/mol. The molecule has 2 rings (SSSR count). The van der Waals surface area contributed by atoms with Crippen molar-refractivity contribution in [2.45, 2.75) is 13.0 Å². The molecule has 0 radical (unpaired) electrons. The third kappa shape index (κ3) is 4.73. The molecule has 2 aromatic carbocycles. The van der Waals surface area contributed by atoms with Crippen molar-refractivity contribution < 1.29 is 19.0 Å². The molecule has 0 heterocycles. The van der Waals surface area contributed by atoms with Crippen molar-refractivity contribution >= 4 is 5.91 Å². The lowest BCUT2D eigenvalue weighted by molar-refractivity contribution is 0.0954. The van der Waals surface area contributed by atoms with E-state index in [1.165, 1.54) is 0 Å². The lowest BCUT2D eigenvalue weighted by Crippen LogP contribution is -2.25. The van der Waals surface area contributed by atoms with Crippen LogP contribution in [0.25, 0.3) is 0 Å². The van der Waals surface area contributed by atoms with Crippen LogP contribution < -0.4 is 14.8 Å². The number of amides is 1. The number of hydrogen-bond donors (Lipinski definition) is 1. The van der Waals surface area contributed by atoms with E-state index in [0.717, 1.165) is 11.1 Å². The molecule has 1 amide bonds. The van der Waals surface area contributed by atoms with Crippen LogP contribution in [0.15, 0.2) is 42.5 Å². The molecule has 0 saturated carbocycles. The maximum absolute atomic E-state index is 12.2. The molecule has 0 unspecified atom stereocenters. The van der Waals surface area contributed by atoms with Gasteiger partial charge in [0.2, 0.25) is 0 Å². The van der Waals surface area contributed by atoms with Gasteiger partial charge in [-0.25, -0.2) is 0 Å². The molecule has 2 aromatic rings. The highest BCUT2D eigenvalue weighted by Crippen LogP contribution is 2.27. The Morgan fingerprint density at radius 2 is 1.75 bits per heavy atom. The van der Waals surface area contributed by atoms with Crippen LogP contribution in [0.2, 0.25) is 0 Å². The minimum atomic E-state index is -0.0894. The predicted molar refractivity (Wildman–Crippen MR) is 92.7 cm³/mol. The SMILES string of the molecule is COCc1cccc(C(=O)NCCc2ccc(OC)c(OC)c2)c1. The molecule has 0 aliphatic heterocycles. The zero-order valence-corrected chi connectivity index (χ0v) is 14.3. The smallest absolute Gasteiger partial charge is 0.251 e. The van der Waals surface area contributed by atoms with Crippen molar-refractivity contribution in [3.63, 3.8) is 0 Å². The van der Waals surface area contributed by atoms with E-state index in [9.17, 15) is 4.79 Å². The second kappa shape index (κ2) is 8.93. The number of carbonyl (C=O) groups is 1. The van der Waals surface area contributed by atoms with Crippen molar-refractivity contribution in [1.29, 1.82) is 0 Å². The Labute approximate surface area is 142 Å². The molecule has 24 heavy (non-hydrogen) atoms. The molecular formula is C19H23NO4. The fraction of sp³-hybridized carbons (Fsp3) is 0.316. The molecule has 0 aliphatic rings. The summed E-state index contributed by atoms with van der Waals surface area (Å²) in [4.78, 5) is 12.2. The highest BCUT2D eigenvalue weighted by atomic mass is 16.5. The van der Waals surface area contributed by atoms with Gasteiger partial charge in [-0.05, 0) is 41.8 Å². The van der Waals surface area contributed by atoms with Gasteiger partial charge in [0.05, 0.1) is 20.8 Å². The first-order valence-corrected chi connectivity index (χ1v) is 7.75. The quantitative estimate of drug-likeness (QED) is 0.809. The predicted octanol–water partition coefficient (Wildman–Crippen LogP) is 2.82. The van der Waals surface area contributed by atoms with Crippen molar-refractivity contribution in [2.24, 2.45) is 0 Å². The van der Waals surface area contributed by atoms with Gasteiger partial charge < -0.3 is 19.5 Å². The Morgan fingerprint density at radius 3 is 2.46 bits per heavy atom. The molecule has 5 nitrogen and oxygen atoms in total. The Morgan fingerprint density at radius 1 is 0.958 bits per heavy atom. The number of ether oxygens (including phenoxy) is 3. The van der Waals surface area contributed by atoms with Gasteiger partial charge in [-0.3, -0.25) is 4.79 Å². The summed E-state index contributed by atoms with van der Waals surface area (Å²) in [5, 5.41) is 2.93. The Hall–Kier alpha value is -2.53. The number of hydrogen-bond acceptors (Lipinski definition) is 4. The van der Waals surface area contributed by atoms with Gasteiger partial charge in [-0.2, -0.15) is 0 Å². The summed E-state index contributed by atoms with van der Waals surface area (Å²) in [5.74, 6) is 1.29. The molecule has 0 atom stereocenters. The average Bonchev–Trinajstić information content (AvgIpc) is 2.62. The fourth-order valence-corrected chi connectivity index (χ4v) is 2.43. The Kier molecular flexibility index (Phi) is 6.63. The van der Waals surface area contributed by atoms with E-state index in [-0.39, 0.29) is 5.91 Å². The zero-order chi connectivity index (χ0) is 17.4. The summed E-state index contributed by atoms with van der Waals surface area (Å²) >= 11 is 0. The van der Waals surface area contributed by atoms with E-state index in [1.54, 1.807) is 27.4 Å². The van der Waals surface area contributed by atoms with Crippen LogP contribution in [0.4, 0.5) is 0 Å². The summed E-state index contributed by atoms with van der Waals surface area (Å²) < 4.78 is 15.6. The minimum Gasteiger partial charge on any atom is -0.493 e. The maximum Gasteiger partial charge on any atom is 0.251 e. The summed E-state index contributed by atoms with van der Waals surface area (Å²) in [5.41, 5.74) is 2.68. The zero-order valence-electron chi connectivity index (χ0n) is 14.3. The minimum absolute atomic E-state index is 0.0894. The fourth-order valence-electron chi connectivity index (χ4n) is 2.43. The van der Waals surface area contributed by atoms with E-state index >= 15 is 0 Å². The van der Waals surface area contributed by atoms with E-state index in [1.807, 2.05) is 36.4 Å². The number of methoxy groups -OCH3 is 3. The first-order chi connectivity index (χ1) is 11.7. The first-order valence-electron chi connectivity index (χ1n) is 7.75. The van der Waals surface area contributed by atoms with Gasteiger partial charge >= 0.3 is 0 Å². The van der Waals surface area contributed by atoms with Crippen molar-refractivity contribution in [2.75, 3.05) is 27.9 Å². The van der Waals surface area contributed by atoms with Crippen LogP contribution >= 0.6 is 0 Å². The van der Waals surface area contributed by atoms with Crippen LogP contribution in [0, 0.1) is 0 Å². The number of rotatable bonds is 8. The van der Waals surface area contributed by atoms with Crippen LogP contribution in [0.1, 0.15) is 21.5 Å². The highest BCUT2D eigenvalue weighted by Gasteiger charge is 2.07. The van der Waals surface area contributed by atoms with Crippen molar-refractivity contribution in [3.05, 3.63) is 59.2 Å². The van der Waals surface area contributed by atoms with Crippen LogP contribution in [-0.2, 0) is 17.8 Å². The van der Waals surface area contributed by atoms with E-state index in [0.29, 0.717) is 36.6 Å². The highest BCUT2D eigenvalue weighted by molar-refractivity contribution is 5.94. The Bertz CT molecular complexity index is 685. The summed E-state index contributed by atoms with van der Waals surface area (Å²) in [7, 11) is 4.85. The third-order valence-electron chi connectivity index (χ3n) is 3.65. The van der Waals surface area contributed by atoms with Crippen LogP contribution in [0.5, 0.6) is 11.5 Å². The molecule has 128 valence electrons. The number of carbonyl (C=O) groups excluding carboxylic acids is 1. The summed E-state index contributed by atoms with van der Waals surface area (Å²) in [6, 6.07) is 13.2. The number of nitrogens with one attached hydrogen (secondary N) is 1. The second-order valence-corrected chi connectivity index (χ2v) is 5.33.